The van der Waals surface area contributed by atoms with Gasteiger partial charge in [0.1, 0.15) is 5.75 Å². The maximum Gasteiger partial charge on any atom is 0.221 e. The molecule has 2 unspecified atom stereocenters. The Morgan fingerprint density at radius 2 is 1.92 bits per heavy atom. The predicted molar refractivity (Wildman–Crippen MR) is 98.3 cm³/mol. The summed E-state index contributed by atoms with van der Waals surface area (Å²) in [6, 6.07) is 5.84. The lowest BCUT2D eigenvalue weighted by atomic mass is 9.80. The van der Waals surface area contributed by atoms with E-state index in [1.165, 1.54) is 6.92 Å². The van der Waals surface area contributed by atoms with Gasteiger partial charge in [-0.25, -0.2) is 0 Å². The second kappa shape index (κ2) is 8.49. The van der Waals surface area contributed by atoms with E-state index in [0.717, 1.165) is 5.56 Å². The van der Waals surface area contributed by atoms with Crippen molar-refractivity contribution in [3.05, 3.63) is 23.8 Å². The van der Waals surface area contributed by atoms with Gasteiger partial charge in [-0.3, -0.25) is 4.79 Å². The smallest absolute Gasteiger partial charge is 0.221 e. The van der Waals surface area contributed by atoms with Gasteiger partial charge in [-0.2, -0.15) is 0 Å². The number of rotatable bonds is 8. The van der Waals surface area contributed by atoms with Crippen molar-refractivity contribution in [2.24, 2.45) is 11.3 Å². The summed E-state index contributed by atoms with van der Waals surface area (Å²) >= 11 is 0. The molecule has 3 N–H and O–H groups in total. The predicted octanol–water partition coefficient (Wildman–Crippen LogP) is 3.35. The average molecular weight is 336 g/mol. The molecule has 0 aliphatic rings. The molecular formula is C19H32N2O3. The molecule has 0 aromatic heterocycles. The Bertz CT molecular complexity index is 556. The molecule has 0 saturated heterocycles. The van der Waals surface area contributed by atoms with Gasteiger partial charge in [-0.05, 0) is 30.5 Å². The third-order valence-corrected chi connectivity index (χ3v) is 4.33. The first-order valence-corrected chi connectivity index (χ1v) is 8.45. The van der Waals surface area contributed by atoms with Gasteiger partial charge in [-0.15, -0.1) is 0 Å². The van der Waals surface area contributed by atoms with Gasteiger partial charge in [0.15, 0.2) is 0 Å². The fraction of sp³-hybridized carbons (Fsp3) is 0.632. The fourth-order valence-corrected chi connectivity index (χ4v) is 2.82. The molecule has 1 aromatic rings. The van der Waals surface area contributed by atoms with Crippen molar-refractivity contribution in [3.63, 3.8) is 0 Å². The molecule has 0 bridgehead atoms. The summed E-state index contributed by atoms with van der Waals surface area (Å²) in [6.07, 6.45) is -0.372. The summed E-state index contributed by atoms with van der Waals surface area (Å²) in [4.78, 5) is 11.3. The van der Waals surface area contributed by atoms with E-state index in [9.17, 15) is 9.90 Å². The highest BCUT2D eigenvalue weighted by molar-refractivity contribution is 5.90. The minimum absolute atomic E-state index is 0.0852. The number of nitrogens with one attached hydrogen (secondary N) is 2. The van der Waals surface area contributed by atoms with Gasteiger partial charge in [-0.1, -0.05) is 33.8 Å². The van der Waals surface area contributed by atoms with Crippen molar-refractivity contribution >= 4 is 11.6 Å². The Labute approximate surface area is 145 Å². The molecule has 1 aromatic carbocycles. The number of hydrogen-bond donors (Lipinski definition) is 3. The number of aliphatic hydroxyl groups excluding tert-OH is 1. The number of benzene rings is 1. The normalized spacial score (nSPS) is 14.4. The molecular weight excluding hydrogens is 304 g/mol. The highest BCUT2D eigenvalue weighted by Gasteiger charge is 2.30. The zero-order valence-corrected chi connectivity index (χ0v) is 15.9. The van der Waals surface area contributed by atoms with Crippen LogP contribution < -0.4 is 15.4 Å². The van der Waals surface area contributed by atoms with Crippen LogP contribution >= 0.6 is 0 Å². The molecule has 0 heterocycles. The maximum absolute atomic E-state index is 11.3. The highest BCUT2D eigenvalue weighted by atomic mass is 16.5. The number of hydrogen-bond acceptors (Lipinski definition) is 4. The quantitative estimate of drug-likeness (QED) is 0.681. The van der Waals surface area contributed by atoms with Gasteiger partial charge in [0.05, 0.1) is 18.9 Å². The van der Waals surface area contributed by atoms with E-state index in [4.69, 9.17) is 4.74 Å². The van der Waals surface area contributed by atoms with Crippen molar-refractivity contribution < 1.29 is 14.6 Å². The van der Waals surface area contributed by atoms with E-state index in [-0.39, 0.29) is 29.4 Å². The molecule has 0 spiro atoms. The standard InChI is InChI=1S/C19H32N2O3/c1-12(2)18(23)19(5,6)11-20-13(3)15-8-9-17(24-7)16(10-15)21-14(4)22/h8-10,12-13,18,20,23H,11H2,1-7H3,(H,21,22). The first kappa shape index (κ1) is 20.5. The van der Waals surface area contributed by atoms with Crippen molar-refractivity contribution in [2.75, 3.05) is 19.0 Å². The van der Waals surface area contributed by atoms with Crippen LogP contribution in [0, 0.1) is 11.3 Å². The highest BCUT2D eigenvalue weighted by Crippen LogP contribution is 2.30. The van der Waals surface area contributed by atoms with Crippen LogP contribution in [0.25, 0.3) is 0 Å². The number of amides is 1. The molecule has 0 fully saturated rings. The van der Waals surface area contributed by atoms with E-state index < -0.39 is 0 Å². The molecule has 5 heteroatoms. The van der Waals surface area contributed by atoms with Gasteiger partial charge in [0.25, 0.3) is 0 Å². The summed E-state index contributed by atoms with van der Waals surface area (Å²) in [5, 5.41) is 16.6. The number of anilines is 1. The Balaban J connectivity index is 2.84. The molecule has 0 saturated carbocycles. The molecule has 136 valence electrons. The van der Waals surface area contributed by atoms with Crippen LogP contribution in [0.5, 0.6) is 5.75 Å². The van der Waals surface area contributed by atoms with Crippen LogP contribution in [-0.2, 0) is 4.79 Å². The molecule has 0 aliphatic carbocycles. The van der Waals surface area contributed by atoms with Crippen molar-refractivity contribution in [1.82, 2.24) is 5.32 Å². The third kappa shape index (κ3) is 5.49. The molecule has 0 aliphatic heterocycles. The van der Waals surface area contributed by atoms with Crippen LogP contribution in [0.1, 0.15) is 53.1 Å². The molecule has 1 rings (SSSR count). The van der Waals surface area contributed by atoms with Gasteiger partial charge in [0.2, 0.25) is 5.91 Å². The van der Waals surface area contributed by atoms with Crippen molar-refractivity contribution in [3.8, 4) is 5.75 Å². The lowest BCUT2D eigenvalue weighted by Crippen LogP contribution is -2.42. The zero-order valence-electron chi connectivity index (χ0n) is 15.9. The molecule has 2 atom stereocenters. The summed E-state index contributed by atoms with van der Waals surface area (Å²) < 4.78 is 5.28. The Hall–Kier alpha value is -1.59. The fourth-order valence-electron chi connectivity index (χ4n) is 2.82. The molecule has 5 nitrogen and oxygen atoms in total. The maximum atomic E-state index is 11.3. The number of ether oxygens (including phenoxy) is 1. The summed E-state index contributed by atoms with van der Waals surface area (Å²) in [7, 11) is 1.58. The number of methoxy groups -OCH3 is 1. The average Bonchev–Trinajstić information content (AvgIpc) is 2.51. The first-order chi connectivity index (χ1) is 11.1. The van der Waals surface area contributed by atoms with Gasteiger partial charge in [0, 0.05) is 24.9 Å². The minimum atomic E-state index is -0.372. The second-order valence-electron chi connectivity index (χ2n) is 7.42. The van der Waals surface area contributed by atoms with E-state index in [0.29, 0.717) is 18.0 Å². The largest absolute Gasteiger partial charge is 0.495 e. The SMILES string of the molecule is COc1ccc(C(C)NCC(C)(C)C(O)C(C)C)cc1NC(C)=O. The Morgan fingerprint density at radius 3 is 2.42 bits per heavy atom. The summed E-state index contributed by atoms with van der Waals surface area (Å²) in [5.41, 5.74) is 1.49. The van der Waals surface area contributed by atoms with E-state index >= 15 is 0 Å². The molecule has 24 heavy (non-hydrogen) atoms. The number of carbonyl (C=O) groups is 1. The Morgan fingerprint density at radius 1 is 1.29 bits per heavy atom. The first-order valence-electron chi connectivity index (χ1n) is 8.45. The number of carbonyl (C=O) groups excluding carboxylic acids is 1. The minimum Gasteiger partial charge on any atom is -0.495 e. The topological polar surface area (TPSA) is 70.6 Å². The van der Waals surface area contributed by atoms with Crippen LogP contribution in [-0.4, -0.2) is 30.8 Å². The van der Waals surface area contributed by atoms with Crippen LogP contribution in [0.3, 0.4) is 0 Å². The van der Waals surface area contributed by atoms with E-state index in [2.05, 4.69) is 31.4 Å². The van der Waals surface area contributed by atoms with Gasteiger partial charge < -0.3 is 20.5 Å². The van der Waals surface area contributed by atoms with E-state index in [1.54, 1.807) is 7.11 Å². The van der Waals surface area contributed by atoms with E-state index in [1.807, 2.05) is 32.0 Å². The third-order valence-electron chi connectivity index (χ3n) is 4.33. The number of aliphatic hydroxyl groups is 1. The lowest BCUT2D eigenvalue weighted by molar-refractivity contribution is -0.114. The summed E-state index contributed by atoms with van der Waals surface area (Å²) in [6.45, 7) is 12.4. The lowest BCUT2D eigenvalue weighted by Gasteiger charge is -2.34. The van der Waals surface area contributed by atoms with Crippen molar-refractivity contribution in [2.45, 2.75) is 53.7 Å². The van der Waals surface area contributed by atoms with Crippen molar-refractivity contribution in [1.29, 1.82) is 0 Å². The second-order valence-corrected chi connectivity index (χ2v) is 7.42. The van der Waals surface area contributed by atoms with Gasteiger partial charge >= 0.3 is 0 Å². The van der Waals surface area contributed by atoms with Crippen LogP contribution in [0.15, 0.2) is 18.2 Å². The van der Waals surface area contributed by atoms with Crippen LogP contribution in [0.2, 0.25) is 0 Å². The summed E-state index contributed by atoms with van der Waals surface area (Å²) in [5.74, 6) is 0.716. The monoisotopic (exact) mass is 336 g/mol. The zero-order chi connectivity index (χ0) is 18.5. The molecule has 0 radical (unpaired) electrons. The molecule has 1 amide bonds. The van der Waals surface area contributed by atoms with Crippen LogP contribution in [0.4, 0.5) is 5.69 Å². The Kier molecular flexibility index (Phi) is 7.24.